The molecule has 1 rings (SSSR count). The van der Waals surface area contributed by atoms with Crippen molar-refractivity contribution in [2.45, 2.75) is 39.5 Å². The van der Waals surface area contributed by atoms with Crippen molar-refractivity contribution in [1.29, 1.82) is 0 Å². The number of rotatable bonds is 3. The van der Waals surface area contributed by atoms with Crippen LogP contribution in [0.2, 0.25) is 0 Å². The van der Waals surface area contributed by atoms with Crippen LogP contribution >= 0.6 is 0 Å². The van der Waals surface area contributed by atoms with E-state index in [1.807, 2.05) is 13.8 Å². The smallest absolute Gasteiger partial charge is 0.240 e. The Morgan fingerprint density at radius 1 is 1.31 bits per heavy atom. The molecule has 0 bridgehead atoms. The molecule has 0 atom stereocenters. The number of hydrazine groups is 1. The van der Waals surface area contributed by atoms with Gasteiger partial charge in [-0.3, -0.25) is 10.2 Å². The average Bonchev–Trinajstić information content (AvgIpc) is 2.56. The maximum Gasteiger partial charge on any atom is 0.240 e. The zero-order valence-corrected chi connectivity index (χ0v) is 8.81. The molecule has 0 aliphatic heterocycles. The first-order valence-corrected chi connectivity index (χ1v) is 5.06. The highest BCUT2D eigenvalue weighted by Gasteiger charge is 2.37. The Bertz CT molecular complexity index is 183. The van der Waals surface area contributed by atoms with Crippen LogP contribution in [0.1, 0.15) is 39.5 Å². The van der Waals surface area contributed by atoms with E-state index in [4.69, 9.17) is 0 Å². The number of amides is 1. The van der Waals surface area contributed by atoms with Crippen molar-refractivity contribution in [2.75, 3.05) is 7.05 Å². The molecule has 0 spiro atoms. The van der Waals surface area contributed by atoms with Crippen molar-refractivity contribution < 1.29 is 4.79 Å². The monoisotopic (exact) mass is 184 g/mol. The maximum atomic E-state index is 11.7. The van der Waals surface area contributed by atoms with E-state index < -0.39 is 0 Å². The Morgan fingerprint density at radius 3 is 2.31 bits per heavy atom. The summed E-state index contributed by atoms with van der Waals surface area (Å²) in [6.07, 6.45) is 4.95. The van der Waals surface area contributed by atoms with Gasteiger partial charge in [0.05, 0.1) is 0 Å². The minimum atomic E-state index is -0.223. The molecule has 13 heavy (non-hydrogen) atoms. The number of nitrogens with one attached hydrogen (secondary N) is 2. The summed E-state index contributed by atoms with van der Waals surface area (Å²) in [5, 5.41) is 0. The number of carbonyl (C=O) groups excluding carboxylic acids is 1. The fourth-order valence-corrected chi connectivity index (χ4v) is 2.11. The summed E-state index contributed by atoms with van der Waals surface area (Å²) in [5.41, 5.74) is 5.15. The molecule has 0 unspecified atom stereocenters. The van der Waals surface area contributed by atoms with Gasteiger partial charge in [-0.15, -0.1) is 0 Å². The van der Waals surface area contributed by atoms with Gasteiger partial charge in [0.1, 0.15) is 0 Å². The van der Waals surface area contributed by atoms with Crippen molar-refractivity contribution in [2.24, 2.45) is 11.3 Å². The summed E-state index contributed by atoms with van der Waals surface area (Å²) in [6.45, 7) is 4.07. The molecule has 76 valence electrons. The van der Waals surface area contributed by atoms with Crippen LogP contribution < -0.4 is 10.9 Å². The minimum Gasteiger partial charge on any atom is -0.291 e. The molecule has 3 heteroatoms. The standard InChI is InChI=1S/C10H20N2O/c1-10(2,9(13)12-11-3)8-6-4-5-7-8/h8,11H,4-7H2,1-3H3,(H,12,13). The van der Waals surface area contributed by atoms with Crippen molar-refractivity contribution in [1.82, 2.24) is 10.9 Å². The van der Waals surface area contributed by atoms with Crippen LogP contribution in [-0.2, 0) is 4.79 Å². The highest BCUT2D eigenvalue weighted by Crippen LogP contribution is 2.39. The van der Waals surface area contributed by atoms with Crippen LogP contribution in [0, 0.1) is 11.3 Å². The Morgan fingerprint density at radius 2 is 1.85 bits per heavy atom. The molecule has 3 nitrogen and oxygen atoms in total. The third kappa shape index (κ3) is 2.21. The van der Waals surface area contributed by atoms with E-state index in [1.54, 1.807) is 7.05 Å². The molecule has 2 N–H and O–H groups in total. The van der Waals surface area contributed by atoms with E-state index in [9.17, 15) is 4.79 Å². The lowest BCUT2D eigenvalue weighted by Crippen LogP contribution is -2.46. The largest absolute Gasteiger partial charge is 0.291 e. The lowest BCUT2D eigenvalue weighted by Gasteiger charge is -2.29. The van der Waals surface area contributed by atoms with Gasteiger partial charge in [0, 0.05) is 12.5 Å². The van der Waals surface area contributed by atoms with Gasteiger partial charge in [-0.25, -0.2) is 5.43 Å². The Hall–Kier alpha value is -0.570. The fourth-order valence-electron chi connectivity index (χ4n) is 2.11. The van der Waals surface area contributed by atoms with Crippen molar-refractivity contribution in [3.63, 3.8) is 0 Å². The predicted molar refractivity (Wildman–Crippen MR) is 52.9 cm³/mol. The Kier molecular flexibility index (Phi) is 3.31. The SMILES string of the molecule is CNNC(=O)C(C)(C)C1CCCC1. The third-order valence-corrected chi connectivity index (χ3v) is 3.20. The van der Waals surface area contributed by atoms with Gasteiger partial charge >= 0.3 is 0 Å². The maximum absolute atomic E-state index is 11.7. The zero-order valence-electron chi connectivity index (χ0n) is 8.81. The Balaban J connectivity index is 2.57. The van der Waals surface area contributed by atoms with E-state index in [1.165, 1.54) is 25.7 Å². The van der Waals surface area contributed by atoms with Crippen LogP contribution in [0.15, 0.2) is 0 Å². The number of hydrogen-bond donors (Lipinski definition) is 2. The average molecular weight is 184 g/mol. The number of carbonyl (C=O) groups is 1. The molecule has 1 fully saturated rings. The summed E-state index contributed by atoms with van der Waals surface area (Å²) >= 11 is 0. The fraction of sp³-hybridized carbons (Fsp3) is 0.900. The van der Waals surface area contributed by atoms with Gasteiger partial charge in [0.2, 0.25) is 5.91 Å². The Labute approximate surface area is 80.2 Å². The summed E-state index contributed by atoms with van der Waals surface area (Å²) in [6, 6.07) is 0. The first kappa shape index (κ1) is 10.5. The third-order valence-electron chi connectivity index (χ3n) is 3.20. The topological polar surface area (TPSA) is 41.1 Å². The molecule has 0 aromatic heterocycles. The lowest BCUT2D eigenvalue weighted by molar-refractivity contribution is -0.133. The van der Waals surface area contributed by atoms with Crippen molar-refractivity contribution in [3.05, 3.63) is 0 Å². The second-order valence-electron chi connectivity index (χ2n) is 4.41. The second kappa shape index (κ2) is 4.09. The normalized spacial score (nSPS) is 19.0. The van der Waals surface area contributed by atoms with Gasteiger partial charge in [0.15, 0.2) is 0 Å². The first-order valence-electron chi connectivity index (χ1n) is 5.06. The zero-order chi connectivity index (χ0) is 9.90. The van der Waals surface area contributed by atoms with Crippen LogP contribution in [0.25, 0.3) is 0 Å². The van der Waals surface area contributed by atoms with Gasteiger partial charge in [-0.2, -0.15) is 0 Å². The van der Waals surface area contributed by atoms with Crippen LogP contribution in [0.4, 0.5) is 0 Å². The van der Waals surface area contributed by atoms with E-state index in [0.29, 0.717) is 5.92 Å². The minimum absolute atomic E-state index is 0.113. The molecule has 0 heterocycles. The van der Waals surface area contributed by atoms with E-state index >= 15 is 0 Å². The highest BCUT2D eigenvalue weighted by molar-refractivity contribution is 5.81. The van der Waals surface area contributed by atoms with Crippen LogP contribution in [0.5, 0.6) is 0 Å². The molecule has 1 saturated carbocycles. The molecule has 1 aliphatic rings. The van der Waals surface area contributed by atoms with E-state index in [-0.39, 0.29) is 11.3 Å². The first-order chi connectivity index (χ1) is 6.09. The molecule has 0 aromatic carbocycles. The number of hydrogen-bond acceptors (Lipinski definition) is 2. The van der Waals surface area contributed by atoms with Gasteiger partial charge in [-0.1, -0.05) is 26.7 Å². The van der Waals surface area contributed by atoms with Crippen molar-refractivity contribution >= 4 is 5.91 Å². The van der Waals surface area contributed by atoms with Gasteiger partial charge in [0.25, 0.3) is 0 Å². The van der Waals surface area contributed by atoms with E-state index in [2.05, 4.69) is 10.9 Å². The molecule has 0 radical (unpaired) electrons. The van der Waals surface area contributed by atoms with Gasteiger partial charge in [-0.05, 0) is 18.8 Å². The summed E-state index contributed by atoms with van der Waals surface area (Å²) < 4.78 is 0. The highest BCUT2D eigenvalue weighted by atomic mass is 16.2. The summed E-state index contributed by atoms with van der Waals surface area (Å²) in [7, 11) is 1.72. The molecule has 1 amide bonds. The second-order valence-corrected chi connectivity index (χ2v) is 4.41. The summed E-state index contributed by atoms with van der Waals surface area (Å²) in [4.78, 5) is 11.7. The van der Waals surface area contributed by atoms with E-state index in [0.717, 1.165) is 0 Å². The van der Waals surface area contributed by atoms with Crippen molar-refractivity contribution in [3.8, 4) is 0 Å². The molecule has 1 aliphatic carbocycles. The predicted octanol–water partition coefficient (Wildman–Crippen LogP) is 1.45. The van der Waals surface area contributed by atoms with Crippen LogP contribution in [-0.4, -0.2) is 13.0 Å². The van der Waals surface area contributed by atoms with Crippen LogP contribution in [0.3, 0.4) is 0 Å². The molecule has 0 aromatic rings. The quantitative estimate of drug-likeness (QED) is 0.652. The van der Waals surface area contributed by atoms with Gasteiger partial charge < -0.3 is 0 Å². The molecular weight excluding hydrogens is 164 g/mol. The molecular formula is C10H20N2O. The lowest BCUT2D eigenvalue weighted by atomic mass is 9.77. The summed E-state index contributed by atoms with van der Waals surface area (Å²) in [5.74, 6) is 0.669. The molecule has 0 saturated heterocycles.